The number of aromatic carboxylic acids is 1. The maximum Gasteiger partial charge on any atom is 0.335 e. The van der Waals surface area contributed by atoms with Crippen LogP contribution in [0.5, 0.6) is 0 Å². The average Bonchev–Trinajstić information content (AvgIpc) is 2.61. The predicted octanol–water partition coefficient (Wildman–Crippen LogP) is 2.86. The summed E-state index contributed by atoms with van der Waals surface area (Å²) in [5, 5.41) is 9.38. The molecule has 0 bridgehead atoms. The first-order valence-electron chi connectivity index (χ1n) is 9.50. The summed E-state index contributed by atoms with van der Waals surface area (Å²) in [7, 11) is -1.85. The number of hydrogen-bond acceptors (Lipinski definition) is 5. The highest BCUT2D eigenvalue weighted by atomic mass is 32.2. The normalized spacial score (nSPS) is 15.4. The summed E-state index contributed by atoms with van der Waals surface area (Å²) in [4.78, 5) is 16.0. The van der Waals surface area contributed by atoms with Gasteiger partial charge in [-0.3, -0.25) is 4.72 Å². The lowest BCUT2D eigenvalue weighted by molar-refractivity contribution is 0.0697. The van der Waals surface area contributed by atoms with Gasteiger partial charge in [0.15, 0.2) is 0 Å². The Hall–Kier alpha value is -2.58. The zero-order valence-corrected chi connectivity index (χ0v) is 18.0. The first-order valence-corrected chi connectivity index (χ1v) is 11.0. The van der Waals surface area contributed by atoms with Crippen LogP contribution in [-0.2, 0) is 10.0 Å². The smallest absolute Gasteiger partial charge is 0.335 e. The van der Waals surface area contributed by atoms with Crippen LogP contribution in [0.15, 0.2) is 35.2 Å². The Bertz CT molecular complexity index is 1020. The number of nitrogens with one attached hydrogen (secondary N) is 1. The van der Waals surface area contributed by atoms with Crippen LogP contribution in [-0.4, -0.2) is 57.6 Å². The number of carboxylic acids is 1. The van der Waals surface area contributed by atoms with Crippen LogP contribution in [0.1, 0.15) is 27.0 Å². The summed E-state index contributed by atoms with van der Waals surface area (Å²) in [6.45, 7) is 8.63. The van der Waals surface area contributed by atoms with Gasteiger partial charge in [0.05, 0.1) is 21.8 Å². The molecule has 1 heterocycles. The Morgan fingerprint density at radius 1 is 1.00 bits per heavy atom. The Labute approximate surface area is 172 Å². The molecular formula is C21H27N3O4S. The van der Waals surface area contributed by atoms with Crippen molar-refractivity contribution in [1.82, 2.24) is 4.90 Å². The fraction of sp³-hybridized carbons (Fsp3) is 0.381. The van der Waals surface area contributed by atoms with Gasteiger partial charge in [-0.25, -0.2) is 13.2 Å². The van der Waals surface area contributed by atoms with E-state index in [0.29, 0.717) is 16.8 Å². The molecule has 156 valence electrons. The lowest BCUT2D eigenvalue weighted by atomic mass is 10.1. The van der Waals surface area contributed by atoms with E-state index in [1.165, 1.54) is 12.1 Å². The van der Waals surface area contributed by atoms with Gasteiger partial charge in [0.1, 0.15) is 0 Å². The van der Waals surface area contributed by atoms with E-state index in [1.54, 1.807) is 19.9 Å². The van der Waals surface area contributed by atoms with Gasteiger partial charge >= 0.3 is 5.97 Å². The molecule has 2 N–H and O–H groups in total. The van der Waals surface area contributed by atoms with Crippen molar-refractivity contribution in [3.8, 4) is 0 Å². The van der Waals surface area contributed by atoms with Gasteiger partial charge in [0.25, 0.3) is 10.0 Å². The highest BCUT2D eigenvalue weighted by molar-refractivity contribution is 7.92. The van der Waals surface area contributed by atoms with Crippen LogP contribution < -0.4 is 9.62 Å². The third kappa shape index (κ3) is 4.54. The molecule has 8 heteroatoms. The molecule has 0 radical (unpaired) electrons. The molecule has 7 nitrogen and oxygen atoms in total. The minimum absolute atomic E-state index is 0.0397. The van der Waals surface area contributed by atoms with Gasteiger partial charge in [-0.05, 0) is 57.1 Å². The van der Waals surface area contributed by atoms with E-state index in [-0.39, 0.29) is 16.1 Å². The SMILES string of the molecule is Cc1cc(C)c(S(=O)(=O)Nc2cc(C(=O)O)ccc2N2CCN(C)CC2)c(C)c1. The van der Waals surface area contributed by atoms with Crippen molar-refractivity contribution >= 4 is 27.4 Å². The third-order valence-corrected chi connectivity index (χ3v) is 6.88. The van der Waals surface area contributed by atoms with E-state index < -0.39 is 16.0 Å². The van der Waals surface area contributed by atoms with E-state index in [2.05, 4.69) is 14.5 Å². The van der Waals surface area contributed by atoms with Crippen LogP contribution in [0.2, 0.25) is 0 Å². The Balaban J connectivity index is 2.05. The molecule has 3 rings (SSSR count). The molecule has 2 aromatic rings. The van der Waals surface area contributed by atoms with Gasteiger partial charge in [-0.2, -0.15) is 0 Å². The molecule has 0 spiro atoms. The Morgan fingerprint density at radius 2 is 1.59 bits per heavy atom. The van der Waals surface area contributed by atoms with Crippen LogP contribution in [0.4, 0.5) is 11.4 Å². The van der Waals surface area contributed by atoms with Gasteiger partial charge in [-0.1, -0.05) is 17.7 Å². The van der Waals surface area contributed by atoms with Crippen LogP contribution in [0.3, 0.4) is 0 Å². The lowest BCUT2D eigenvalue weighted by Gasteiger charge is -2.35. The summed E-state index contributed by atoms with van der Waals surface area (Å²) >= 11 is 0. The second-order valence-electron chi connectivity index (χ2n) is 7.66. The van der Waals surface area contributed by atoms with Gasteiger partial charge in [0.2, 0.25) is 0 Å². The minimum Gasteiger partial charge on any atom is -0.478 e. The molecule has 29 heavy (non-hydrogen) atoms. The van der Waals surface area contributed by atoms with E-state index in [9.17, 15) is 18.3 Å². The molecule has 0 aliphatic carbocycles. The molecule has 1 aliphatic heterocycles. The topological polar surface area (TPSA) is 89.9 Å². The quantitative estimate of drug-likeness (QED) is 0.778. The number of carbonyl (C=O) groups is 1. The molecule has 0 aromatic heterocycles. The average molecular weight is 418 g/mol. The molecule has 1 fully saturated rings. The number of piperazine rings is 1. The fourth-order valence-corrected chi connectivity index (χ4v) is 5.38. The summed E-state index contributed by atoms with van der Waals surface area (Å²) in [5.74, 6) is -1.10. The molecule has 2 aromatic carbocycles. The fourth-order valence-electron chi connectivity index (χ4n) is 3.86. The molecule has 1 aliphatic rings. The van der Waals surface area contributed by atoms with Gasteiger partial charge in [0, 0.05) is 26.2 Å². The molecule has 0 atom stereocenters. The van der Waals surface area contributed by atoms with Crippen LogP contribution in [0.25, 0.3) is 0 Å². The van der Waals surface area contributed by atoms with Crippen molar-refractivity contribution in [2.75, 3.05) is 42.8 Å². The molecule has 1 saturated heterocycles. The third-order valence-electron chi connectivity index (χ3n) is 5.21. The Morgan fingerprint density at radius 3 is 2.14 bits per heavy atom. The first kappa shape index (κ1) is 21.1. The summed E-state index contributed by atoms with van der Waals surface area (Å²) in [6, 6.07) is 8.25. The van der Waals surface area contributed by atoms with Gasteiger partial charge in [-0.15, -0.1) is 0 Å². The number of rotatable bonds is 5. The maximum atomic E-state index is 13.2. The van der Waals surface area contributed by atoms with E-state index in [1.807, 2.05) is 26.1 Å². The number of carboxylic acid groups (broad SMARTS) is 1. The summed E-state index contributed by atoms with van der Waals surface area (Å²) < 4.78 is 29.1. The van der Waals surface area contributed by atoms with Crippen molar-refractivity contribution in [2.24, 2.45) is 0 Å². The predicted molar refractivity (Wildman–Crippen MR) is 115 cm³/mol. The molecule has 0 saturated carbocycles. The number of anilines is 2. The van der Waals surface area contributed by atoms with E-state index in [0.717, 1.165) is 31.7 Å². The Kier molecular flexibility index (Phi) is 5.86. The standard InChI is InChI=1S/C21H27N3O4S/c1-14-11-15(2)20(16(3)12-14)29(27,28)22-18-13-17(21(25)26)5-6-19(18)24-9-7-23(4)8-10-24/h5-6,11-13,22H,7-10H2,1-4H3,(H,25,26). The minimum atomic E-state index is -3.89. The summed E-state index contributed by atoms with van der Waals surface area (Å²) in [5.41, 5.74) is 3.32. The van der Waals surface area contributed by atoms with Crippen molar-refractivity contribution in [3.63, 3.8) is 0 Å². The molecule has 0 amide bonds. The van der Waals surface area contributed by atoms with Gasteiger partial charge < -0.3 is 14.9 Å². The van der Waals surface area contributed by atoms with Crippen molar-refractivity contribution in [1.29, 1.82) is 0 Å². The van der Waals surface area contributed by atoms with Crippen LogP contribution in [0, 0.1) is 20.8 Å². The number of likely N-dealkylation sites (N-methyl/N-ethyl adjacent to an activating group) is 1. The second kappa shape index (κ2) is 8.04. The monoisotopic (exact) mass is 417 g/mol. The number of benzene rings is 2. The number of sulfonamides is 1. The summed E-state index contributed by atoms with van der Waals surface area (Å²) in [6.07, 6.45) is 0. The van der Waals surface area contributed by atoms with E-state index in [4.69, 9.17) is 0 Å². The van der Waals surface area contributed by atoms with Crippen molar-refractivity contribution in [3.05, 3.63) is 52.6 Å². The molecule has 0 unspecified atom stereocenters. The lowest BCUT2D eigenvalue weighted by Crippen LogP contribution is -2.44. The maximum absolute atomic E-state index is 13.2. The molecular weight excluding hydrogens is 390 g/mol. The number of aryl methyl sites for hydroxylation is 3. The largest absolute Gasteiger partial charge is 0.478 e. The second-order valence-corrected chi connectivity index (χ2v) is 9.28. The van der Waals surface area contributed by atoms with E-state index >= 15 is 0 Å². The number of nitrogens with zero attached hydrogens (tertiary/aromatic N) is 2. The first-order chi connectivity index (χ1) is 13.6. The van der Waals surface area contributed by atoms with Crippen LogP contribution >= 0.6 is 0 Å². The zero-order chi connectivity index (χ0) is 21.3. The van der Waals surface area contributed by atoms with Crippen molar-refractivity contribution in [2.45, 2.75) is 25.7 Å². The van der Waals surface area contributed by atoms with Crippen molar-refractivity contribution < 1.29 is 18.3 Å². The zero-order valence-electron chi connectivity index (χ0n) is 17.2. The highest BCUT2D eigenvalue weighted by Gasteiger charge is 2.24. The number of hydrogen-bond donors (Lipinski definition) is 2. The highest BCUT2D eigenvalue weighted by Crippen LogP contribution is 2.32.